The number of amides is 1. The standard InChI is InChI=1S/C15H20N2O/c1-4-5-11-14(16-3)15(18)17-12(2)13-9-7-6-8-10-13/h6-10,12,14H,4-5,11H2,1-2H3,(H,17,18)/t12-,14?/m0/s1. The summed E-state index contributed by atoms with van der Waals surface area (Å²) in [4.78, 5) is 15.3. The van der Waals surface area contributed by atoms with Gasteiger partial charge in [0.2, 0.25) is 0 Å². The predicted molar refractivity (Wildman–Crippen MR) is 72.9 cm³/mol. The highest BCUT2D eigenvalue weighted by Crippen LogP contribution is 2.13. The van der Waals surface area contributed by atoms with Crippen LogP contribution in [0.15, 0.2) is 30.3 Å². The van der Waals surface area contributed by atoms with Crippen molar-refractivity contribution in [3.8, 4) is 0 Å². The van der Waals surface area contributed by atoms with Crippen LogP contribution in [0.5, 0.6) is 0 Å². The van der Waals surface area contributed by atoms with E-state index in [0.717, 1.165) is 18.4 Å². The topological polar surface area (TPSA) is 33.5 Å². The van der Waals surface area contributed by atoms with Gasteiger partial charge in [-0.15, -0.1) is 0 Å². The molecule has 3 heteroatoms. The lowest BCUT2D eigenvalue weighted by molar-refractivity contribution is -0.122. The first-order chi connectivity index (χ1) is 8.69. The van der Waals surface area contributed by atoms with Crippen LogP contribution in [0.25, 0.3) is 4.85 Å². The second kappa shape index (κ2) is 7.50. The Balaban J connectivity index is 2.56. The van der Waals surface area contributed by atoms with Crippen molar-refractivity contribution in [3.05, 3.63) is 47.3 Å². The Labute approximate surface area is 109 Å². The van der Waals surface area contributed by atoms with Gasteiger partial charge in [0.1, 0.15) is 0 Å². The third-order valence-electron chi connectivity index (χ3n) is 2.95. The molecule has 3 nitrogen and oxygen atoms in total. The maximum absolute atomic E-state index is 11.9. The molecule has 1 aromatic carbocycles. The minimum Gasteiger partial charge on any atom is -0.343 e. The lowest BCUT2D eigenvalue weighted by Crippen LogP contribution is -2.34. The molecule has 0 aliphatic rings. The third kappa shape index (κ3) is 4.21. The van der Waals surface area contributed by atoms with Crippen LogP contribution < -0.4 is 5.32 Å². The van der Waals surface area contributed by atoms with E-state index in [2.05, 4.69) is 17.1 Å². The first kappa shape index (κ1) is 14.2. The first-order valence-electron chi connectivity index (χ1n) is 6.41. The molecule has 18 heavy (non-hydrogen) atoms. The van der Waals surface area contributed by atoms with Crippen molar-refractivity contribution >= 4 is 5.91 Å². The fourth-order valence-electron chi connectivity index (χ4n) is 1.79. The molecule has 0 radical (unpaired) electrons. The molecule has 0 spiro atoms. The molecule has 0 bridgehead atoms. The molecular formula is C15H20N2O. The molecule has 0 heterocycles. The molecule has 0 aliphatic heterocycles. The Morgan fingerprint density at radius 3 is 2.61 bits per heavy atom. The van der Waals surface area contributed by atoms with E-state index >= 15 is 0 Å². The summed E-state index contributed by atoms with van der Waals surface area (Å²) in [5.74, 6) is -0.158. The van der Waals surface area contributed by atoms with Crippen LogP contribution in [0.3, 0.4) is 0 Å². The lowest BCUT2D eigenvalue weighted by Gasteiger charge is -2.14. The number of nitrogens with one attached hydrogen (secondary N) is 1. The van der Waals surface area contributed by atoms with Crippen LogP contribution in [0, 0.1) is 6.57 Å². The van der Waals surface area contributed by atoms with Crippen LogP contribution >= 0.6 is 0 Å². The van der Waals surface area contributed by atoms with Gasteiger partial charge >= 0.3 is 5.91 Å². The normalized spacial score (nSPS) is 13.4. The maximum atomic E-state index is 11.9. The number of rotatable bonds is 6. The molecule has 1 aromatic rings. The lowest BCUT2D eigenvalue weighted by atomic mass is 10.1. The van der Waals surface area contributed by atoms with Crippen LogP contribution in [-0.2, 0) is 4.79 Å². The van der Waals surface area contributed by atoms with Gasteiger partial charge in [-0.1, -0.05) is 43.7 Å². The van der Waals surface area contributed by atoms with E-state index in [4.69, 9.17) is 6.57 Å². The molecule has 96 valence electrons. The molecule has 0 saturated heterocycles. The van der Waals surface area contributed by atoms with Gasteiger partial charge in [-0.05, 0) is 18.9 Å². The van der Waals surface area contributed by atoms with E-state index in [1.54, 1.807) is 0 Å². The summed E-state index contributed by atoms with van der Waals surface area (Å²) in [7, 11) is 0. The summed E-state index contributed by atoms with van der Waals surface area (Å²) >= 11 is 0. The number of carbonyl (C=O) groups excluding carboxylic acids is 1. The van der Waals surface area contributed by atoms with Crippen molar-refractivity contribution < 1.29 is 4.79 Å². The highest BCUT2D eigenvalue weighted by molar-refractivity contribution is 5.83. The van der Waals surface area contributed by atoms with E-state index in [9.17, 15) is 4.79 Å². The summed E-state index contributed by atoms with van der Waals surface area (Å²) in [6, 6.07) is 9.19. The molecular weight excluding hydrogens is 224 g/mol. The van der Waals surface area contributed by atoms with Crippen LogP contribution in [-0.4, -0.2) is 11.9 Å². The van der Waals surface area contributed by atoms with Gasteiger partial charge in [-0.3, -0.25) is 4.79 Å². The van der Waals surface area contributed by atoms with Crippen LogP contribution in [0.2, 0.25) is 0 Å². The fourth-order valence-corrected chi connectivity index (χ4v) is 1.79. The van der Waals surface area contributed by atoms with Gasteiger partial charge in [0.05, 0.1) is 6.04 Å². The third-order valence-corrected chi connectivity index (χ3v) is 2.95. The van der Waals surface area contributed by atoms with E-state index in [0.29, 0.717) is 6.42 Å². The van der Waals surface area contributed by atoms with Crippen LogP contribution in [0.4, 0.5) is 0 Å². The molecule has 0 saturated carbocycles. The molecule has 0 aliphatic carbocycles. The van der Waals surface area contributed by atoms with Gasteiger partial charge in [-0.2, -0.15) is 0 Å². The van der Waals surface area contributed by atoms with E-state index < -0.39 is 6.04 Å². The minimum absolute atomic E-state index is 0.0513. The monoisotopic (exact) mass is 244 g/mol. The molecule has 1 amide bonds. The molecule has 0 fully saturated rings. The molecule has 1 unspecified atom stereocenters. The summed E-state index contributed by atoms with van der Waals surface area (Å²) in [6.07, 6.45) is 2.57. The number of benzene rings is 1. The van der Waals surface area contributed by atoms with Crippen molar-refractivity contribution in [2.45, 2.75) is 45.2 Å². The number of hydrogen-bond donors (Lipinski definition) is 1. The second-order valence-electron chi connectivity index (χ2n) is 4.43. The Kier molecular flexibility index (Phi) is 5.93. The number of hydrogen-bond acceptors (Lipinski definition) is 1. The van der Waals surface area contributed by atoms with E-state index in [-0.39, 0.29) is 11.9 Å². The van der Waals surface area contributed by atoms with Crippen molar-refractivity contribution in [3.63, 3.8) is 0 Å². The zero-order valence-electron chi connectivity index (χ0n) is 11.0. The largest absolute Gasteiger partial charge is 0.343 e. The summed E-state index contributed by atoms with van der Waals surface area (Å²) in [5.41, 5.74) is 1.06. The van der Waals surface area contributed by atoms with E-state index in [1.807, 2.05) is 37.3 Å². The van der Waals surface area contributed by atoms with Gasteiger partial charge < -0.3 is 10.2 Å². The molecule has 2 atom stereocenters. The van der Waals surface area contributed by atoms with E-state index in [1.165, 1.54) is 0 Å². The smallest absolute Gasteiger partial charge is 0.303 e. The fraction of sp³-hybridized carbons (Fsp3) is 0.467. The van der Waals surface area contributed by atoms with Crippen molar-refractivity contribution in [1.82, 2.24) is 5.32 Å². The molecule has 0 aromatic heterocycles. The Morgan fingerprint density at radius 2 is 2.06 bits per heavy atom. The maximum Gasteiger partial charge on any atom is 0.303 e. The second-order valence-corrected chi connectivity index (χ2v) is 4.43. The SMILES string of the molecule is [C-]#[N+]C(CCCC)C(=O)N[C@@H](C)c1ccccc1. The number of nitrogens with zero attached hydrogens (tertiary/aromatic N) is 1. The number of carbonyl (C=O) groups is 1. The van der Waals surface area contributed by atoms with Gasteiger partial charge in [0.15, 0.2) is 0 Å². The highest BCUT2D eigenvalue weighted by Gasteiger charge is 2.24. The van der Waals surface area contributed by atoms with Crippen molar-refractivity contribution in [1.29, 1.82) is 0 Å². The Hall–Kier alpha value is -1.82. The Bertz CT molecular complexity index is 408. The molecule has 1 rings (SSSR count). The summed E-state index contributed by atoms with van der Waals surface area (Å²) in [5, 5.41) is 2.90. The zero-order valence-corrected chi connectivity index (χ0v) is 11.0. The average molecular weight is 244 g/mol. The summed E-state index contributed by atoms with van der Waals surface area (Å²) in [6.45, 7) is 11.1. The quantitative estimate of drug-likeness (QED) is 0.765. The summed E-state index contributed by atoms with van der Waals surface area (Å²) < 4.78 is 0. The predicted octanol–water partition coefficient (Wildman–Crippen LogP) is 3.34. The van der Waals surface area contributed by atoms with Crippen LogP contribution in [0.1, 0.15) is 44.7 Å². The van der Waals surface area contributed by atoms with Gasteiger partial charge in [-0.25, -0.2) is 6.57 Å². The van der Waals surface area contributed by atoms with Gasteiger partial charge in [0.25, 0.3) is 6.04 Å². The van der Waals surface area contributed by atoms with Crippen molar-refractivity contribution in [2.24, 2.45) is 0 Å². The minimum atomic E-state index is -0.545. The highest BCUT2D eigenvalue weighted by atomic mass is 16.2. The van der Waals surface area contributed by atoms with Crippen molar-refractivity contribution in [2.75, 3.05) is 0 Å². The first-order valence-corrected chi connectivity index (χ1v) is 6.41. The number of unbranched alkanes of at least 4 members (excludes halogenated alkanes) is 1. The van der Waals surface area contributed by atoms with Gasteiger partial charge in [0, 0.05) is 6.42 Å². The average Bonchev–Trinajstić information content (AvgIpc) is 2.40. The molecule has 1 N–H and O–H groups in total. The zero-order chi connectivity index (χ0) is 13.4. The Morgan fingerprint density at radius 1 is 1.39 bits per heavy atom.